The molecule has 7 heteroatoms. The number of nitrogens with one attached hydrogen (secondary N) is 1. The van der Waals surface area contributed by atoms with Crippen LogP contribution in [-0.4, -0.2) is 44.8 Å². The molecule has 5 rings (SSSR count). The Bertz CT molecular complexity index is 903. The third-order valence-corrected chi connectivity index (χ3v) is 5.16. The Morgan fingerprint density at radius 2 is 1.74 bits per heavy atom. The second-order valence-electron chi connectivity index (χ2n) is 7.23. The van der Waals surface area contributed by atoms with E-state index in [-0.39, 0.29) is 0 Å². The summed E-state index contributed by atoms with van der Waals surface area (Å²) in [4.78, 5) is 15.3. The molecule has 1 saturated heterocycles. The topological polar surface area (TPSA) is 79.7 Å². The van der Waals surface area contributed by atoms with Crippen LogP contribution < -0.4 is 10.2 Å². The van der Waals surface area contributed by atoms with Gasteiger partial charge in [0.05, 0.1) is 11.4 Å². The summed E-state index contributed by atoms with van der Waals surface area (Å²) in [5.74, 6) is 3.08. The van der Waals surface area contributed by atoms with E-state index in [9.17, 15) is 0 Å². The zero-order valence-corrected chi connectivity index (χ0v) is 15.0. The third-order valence-electron chi connectivity index (χ3n) is 5.16. The Balaban J connectivity index is 1.16. The van der Waals surface area contributed by atoms with E-state index in [0.717, 1.165) is 48.2 Å². The Labute approximate surface area is 157 Å². The summed E-state index contributed by atoms with van der Waals surface area (Å²) in [6.45, 7) is 2.88. The van der Waals surface area contributed by atoms with Gasteiger partial charge in [-0.1, -0.05) is 0 Å². The second-order valence-corrected chi connectivity index (χ2v) is 7.23. The van der Waals surface area contributed by atoms with Crippen LogP contribution in [0.4, 0.5) is 11.6 Å². The van der Waals surface area contributed by atoms with Crippen LogP contribution in [-0.2, 0) is 0 Å². The van der Waals surface area contributed by atoms with Crippen molar-refractivity contribution in [2.75, 3.05) is 29.9 Å². The summed E-state index contributed by atoms with van der Waals surface area (Å²) in [6.07, 6.45) is 9.56. The lowest BCUT2D eigenvalue weighted by molar-refractivity contribution is 0.425. The van der Waals surface area contributed by atoms with Crippen molar-refractivity contribution in [1.29, 1.82) is 0 Å². The molecular weight excluding hydrogens is 338 g/mol. The van der Waals surface area contributed by atoms with E-state index in [1.165, 1.54) is 12.8 Å². The largest absolute Gasteiger partial charge is 0.368 e. The van der Waals surface area contributed by atoms with Crippen LogP contribution >= 0.6 is 0 Å². The van der Waals surface area contributed by atoms with Crippen molar-refractivity contribution in [2.24, 2.45) is 5.92 Å². The van der Waals surface area contributed by atoms with Gasteiger partial charge in [-0.3, -0.25) is 9.97 Å². The molecule has 1 aliphatic heterocycles. The Morgan fingerprint density at radius 1 is 0.926 bits per heavy atom. The quantitative estimate of drug-likeness (QED) is 0.725. The fourth-order valence-electron chi connectivity index (χ4n) is 3.44. The fraction of sp³-hybridized carbons (Fsp3) is 0.350. The maximum atomic E-state index is 4.50. The standard InChI is InChI=1S/C20H21N7/c1-2-16(1)19-20(23-10-9-22-19)24-11-14-12-27(13-14)18-4-3-17(25-26-18)15-5-7-21-8-6-15/h3-10,14,16H,1-2,11-13H2,(H,23,24). The number of aromatic nitrogens is 5. The molecule has 1 aliphatic carbocycles. The lowest BCUT2D eigenvalue weighted by Crippen LogP contribution is -2.50. The van der Waals surface area contributed by atoms with E-state index in [1.807, 2.05) is 24.3 Å². The van der Waals surface area contributed by atoms with Crippen LogP contribution in [0.1, 0.15) is 24.5 Å². The van der Waals surface area contributed by atoms with E-state index in [2.05, 4.69) is 35.4 Å². The van der Waals surface area contributed by atoms with Gasteiger partial charge < -0.3 is 10.2 Å². The summed E-state index contributed by atoms with van der Waals surface area (Å²) in [5.41, 5.74) is 3.03. The van der Waals surface area contributed by atoms with Crippen molar-refractivity contribution in [1.82, 2.24) is 25.1 Å². The first-order valence-corrected chi connectivity index (χ1v) is 9.40. The zero-order chi connectivity index (χ0) is 18.1. The van der Waals surface area contributed by atoms with Gasteiger partial charge in [0.15, 0.2) is 5.82 Å². The second kappa shape index (κ2) is 6.90. The number of nitrogens with zero attached hydrogens (tertiary/aromatic N) is 6. The van der Waals surface area contributed by atoms with Crippen LogP contribution in [0.2, 0.25) is 0 Å². The number of hydrogen-bond acceptors (Lipinski definition) is 7. The molecule has 0 radical (unpaired) electrons. The monoisotopic (exact) mass is 359 g/mol. The lowest BCUT2D eigenvalue weighted by atomic mass is 10.00. The van der Waals surface area contributed by atoms with E-state index in [4.69, 9.17) is 0 Å². The van der Waals surface area contributed by atoms with E-state index in [1.54, 1.807) is 24.8 Å². The van der Waals surface area contributed by atoms with Crippen LogP contribution in [0.5, 0.6) is 0 Å². The summed E-state index contributed by atoms with van der Waals surface area (Å²) in [6, 6.07) is 7.94. The number of anilines is 2. The molecule has 7 nitrogen and oxygen atoms in total. The van der Waals surface area contributed by atoms with Gasteiger partial charge >= 0.3 is 0 Å². The highest BCUT2D eigenvalue weighted by Gasteiger charge is 2.30. The van der Waals surface area contributed by atoms with Crippen molar-refractivity contribution >= 4 is 11.6 Å². The molecule has 0 bridgehead atoms. The summed E-state index contributed by atoms with van der Waals surface area (Å²) >= 11 is 0. The van der Waals surface area contributed by atoms with Gasteiger partial charge in [-0.05, 0) is 37.1 Å². The van der Waals surface area contributed by atoms with Gasteiger partial charge in [0.25, 0.3) is 0 Å². The maximum Gasteiger partial charge on any atom is 0.151 e. The van der Waals surface area contributed by atoms with Crippen molar-refractivity contribution in [3.8, 4) is 11.3 Å². The molecule has 2 fully saturated rings. The van der Waals surface area contributed by atoms with Gasteiger partial charge in [0.1, 0.15) is 5.82 Å². The van der Waals surface area contributed by atoms with E-state index in [0.29, 0.717) is 11.8 Å². The van der Waals surface area contributed by atoms with Crippen LogP contribution in [0, 0.1) is 5.92 Å². The highest BCUT2D eigenvalue weighted by atomic mass is 15.3. The summed E-state index contributed by atoms with van der Waals surface area (Å²) < 4.78 is 0. The molecule has 27 heavy (non-hydrogen) atoms. The van der Waals surface area contributed by atoms with Crippen molar-refractivity contribution in [3.05, 3.63) is 54.7 Å². The Morgan fingerprint density at radius 3 is 2.48 bits per heavy atom. The molecule has 0 atom stereocenters. The Kier molecular flexibility index (Phi) is 4.12. The molecule has 0 aromatic carbocycles. The van der Waals surface area contributed by atoms with Crippen molar-refractivity contribution < 1.29 is 0 Å². The maximum absolute atomic E-state index is 4.50. The highest BCUT2D eigenvalue weighted by molar-refractivity contribution is 5.59. The predicted octanol–water partition coefficient (Wildman–Crippen LogP) is 2.75. The van der Waals surface area contributed by atoms with Crippen molar-refractivity contribution in [3.63, 3.8) is 0 Å². The third kappa shape index (κ3) is 3.45. The molecule has 4 heterocycles. The molecule has 3 aromatic heterocycles. The first-order chi connectivity index (χ1) is 13.4. The first-order valence-electron chi connectivity index (χ1n) is 9.40. The minimum absolute atomic E-state index is 0.584. The van der Waals surface area contributed by atoms with Gasteiger partial charge in [-0.15, -0.1) is 10.2 Å². The van der Waals surface area contributed by atoms with E-state index >= 15 is 0 Å². The minimum Gasteiger partial charge on any atom is -0.368 e. The number of pyridine rings is 1. The zero-order valence-electron chi connectivity index (χ0n) is 15.0. The molecule has 3 aromatic rings. The lowest BCUT2D eigenvalue weighted by Gasteiger charge is -2.40. The Hall–Kier alpha value is -3.09. The van der Waals surface area contributed by atoms with Gasteiger partial charge in [0.2, 0.25) is 0 Å². The smallest absolute Gasteiger partial charge is 0.151 e. The average molecular weight is 359 g/mol. The summed E-state index contributed by atoms with van der Waals surface area (Å²) in [7, 11) is 0. The van der Waals surface area contributed by atoms with Gasteiger partial charge in [-0.25, -0.2) is 4.98 Å². The number of rotatable bonds is 6. The molecular formula is C20H21N7. The molecule has 0 unspecified atom stereocenters. The molecule has 136 valence electrons. The fourth-order valence-corrected chi connectivity index (χ4v) is 3.44. The molecule has 0 amide bonds. The van der Waals surface area contributed by atoms with Gasteiger partial charge in [-0.2, -0.15) is 0 Å². The average Bonchev–Trinajstić information content (AvgIpc) is 3.53. The van der Waals surface area contributed by atoms with Crippen molar-refractivity contribution in [2.45, 2.75) is 18.8 Å². The SMILES string of the molecule is c1cc(-c2ccc(N3CC(CNc4nccnc4C4CC4)C3)nn2)ccn1. The van der Waals surface area contributed by atoms with E-state index < -0.39 is 0 Å². The molecule has 2 aliphatic rings. The highest BCUT2D eigenvalue weighted by Crippen LogP contribution is 2.41. The predicted molar refractivity (Wildman–Crippen MR) is 103 cm³/mol. The summed E-state index contributed by atoms with van der Waals surface area (Å²) in [5, 5.41) is 12.2. The molecule has 1 N–H and O–H groups in total. The molecule has 1 saturated carbocycles. The van der Waals surface area contributed by atoms with Crippen LogP contribution in [0.15, 0.2) is 49.1 Å². The minimum atomic E-state index is 0.584. The van der Waals surface area contributed by atoms with Crippen LogP contribution in [0.25, 0.3) is 11.3 Å². The van der Waals surface area contributed by atoms with Crippen LogP contribution in [0.3, 0.4) is 0 Å². The molecule has 0 spiro atoms. The normalized spacial score (nSPS) is 16.8. The number of hydrogen-bond donors (Lipinski definition) is 1. The van der Waals surface area contributed by atoms with Gasteiger partial charge in [0, 0.05) is 61.8 Å². The first kappa shape index (κ1) is 16.1.